The van der Waals surface area contributed by atoms with Gasteiger partial charge in [-0.1, -0.05) is 24.3 Å². The SMILES string of the molecule is COC(=O)c1ccc(C(=O)CC(=O)C=Cc2ccc(O)c(OC)c2)cc1. The molecular formula is C20H18O6. The molecule has 0 spiro atoms. The predicted molar refractivity (Wildman–Crippen MR) is 95.4 cm³/mol. The van der Waals surface area contributed by atoms with Gasteiger partial charge in [-0.05, 0) is 35.9 Å². The minimum Gasteiger partial charge on any atom is -0.504 e. The number of allylic oxidation sites excluding steroid dienone is 1. The second kappa shape index (κ2) is 8.62. The molecule has 0 bridgehead atoms. The Morgan fingerprint density at radius 1 is 1.00 bits per heavy atom. The third kappa shape index (κ3) is 4.80. The van der Waals surface area contributed by atoms with E-state index in [0.29, 0.717) is 22.4 Å². The highest BCUT2D eigenvalue weighted by atomic mass is 16.5. The van der Waals surface area contributed by atoms with Crippen molar-refractivity contribution in [3.05, 3.63) is 65.2 Å². The fraction of sp³-hybridized carbons (Fsp3) is 0.150. The Morgan fingerprint density at radius 3 is 2.27 bits per heavy atom. The highest BCUT2D eigenvalue weighted by Crippen LogP contribution is 2.26. The van der Waals surface area contributed by atoms with Crippen LogP contribution in [0.4, 0.5) is 0 Å². The van der Waals surface area contributed by atoms with Crippen LogP contribution in [-0.4, -0.2) is 36.9 Å². The molecule has 0 aliphatic carbocycles. The molecule has 26 heavy (non-hydrogen) atoms. The zero-order valence-electron chi connectivity index (χ0n) is 14.4. The molecule has 0 atom stereocenters. The Kier molecular flexibility index (Phi) is 6.27. The molecule has 0 aliphatic heterocycles. The molecule has 6 nitrogen and oxygen atoms in total. The standard InChI is InChI=1S/C20H18O6/c1-25-19-11-13(4-10-17(19)22)3-9-16(21)12-18(23)14-5-7-15(8-6-14)20(24)26-2/h3-11,22H,12H2,1-2H3. The number of ketones is 2. The Balaban J connectivity index is 2.00. The van der Waals surface area contributed by atoms with Gasteiger partial charge in [-0.15, -0.1) is 0 Å². The number of benzene rings is 2. The summed E-state index contributed by atoms with van der Waals surface area (Å²) in [6.07, 6.45) is 2.55. The maximum absolute atomic E-state index is 12.1. The molecule has 0 aliphatic rings. The highest BCUT2D eigenvalue weighted by Gasteiger charge is 2.12. The number of phenolic OH excluding ortho intramolecular Hbond substituents is 1. The van der Waals surface area contributed by atoms with Crippen molar-refractivity contribution >= 4 is 23.6 Å². The highest BCUT2D eigenvalue weighted by molar-refractivity contribution is 6.12. The lowest BCUT2D eigenvalue weighted by Crippen LogP contribution is -2.07. The number of hydrogen-bond donors (Lipinski definition) is 1. The third-order valence-corrected chi connectivity index (χ3v) is 3.63. The maximum Gasteiger partial charge on any atom is 0.337 e. The predicted octanol–water partition coefficient (Wildman–Crippen LogP) is 3.04. The third-order valence-electron chi connectivity index (χ3n) is 3.63. The summed E-state index contributed by atoms with van der Waals surface area (Å²) in [6, 6.07) is 10.6. The average Bonchev–Trinajstić information content (AvgIpc) is 2.66. The fourth-order valence-electron chi connectivity index (χ4n) is 2.22. The molecular weight excluding hydrogens is 336 g/mol. The summed E-state index contributed by atoms with van der Waals surface area (Å²) in [5.74, 6) is -0.909. The van der Waals surface area contributed by atoms with Gasteiger partial charge in [0, 0.05) is 5.56 Å². The van der Waals surface area contributed by atoms with Crippen molar-refractivity contribution in [3.8, 4) is 11.5 Å². The van der Waals surface area contributed by atoms with Crippen molar-refractivity contribution in [3.63, 3.8) is 0 Å². The lowest BCUT2D eigenvalue weighted by atomic mass is 10.0. The minimum absolute atomic E-state index is 0.00144. The number of methoxy groups -OCH3 is 2. The van der Waals surface area contributed by atoms with Gasteiger partial charge < -0.3 is 14.6 Å². The zero-order valence-corrected chi connectivity index (χ0v) is 14.4. The lowest BCUT2D eigenvalue weighted by molar-refractivity contribution is -0.113. The topological polar surface area (TPSA) is 89.9 Å². The number of rotatable bonds is 7. The first-order valence-electron chi connectivity index (χ1n) is 7.74. The van der Waals surface area contributed by atoms with Crippen molar-refractivity contribution in [2.75, 3.05) is 14.2 Å². The van der Waals surface area contributed by atoms with Crippen LogP contribution in [0.3, 0.4) is 0 Å². The molecule has 1 N–H and O–H groups in total. The van der Waals surface area contributed by atoms with Crippen molar-refractivity contribution in [1.82, 2.24) is 0 Å². The monoisotopic (exact) mass is 354 g/mol. The zero-order chi connectivity index (χ0) is 19.1. The summed E-state index contributed by atoms with van der Waals surface area (Å²) in [4.78, 5) is 35.5. The smallest absolute Gasteiger partial charge is 0.337 e. The van der Waals surface area contributed by atoms with Crippen LogP contribution in [0.25, 0.3) is 6.08 Å². The molecule has 0 unspecified atom stereocenters. The summed E-state index contributed by atoms with van der Waals surface area (Å²) in [6.45, 7) is 0. The maximum atomic E-state index is 12.1. The van der Waals surface area contributed by atoms with Crippen LogP contribution in [0.2, 0.25) is 0 Å². The first-order chi connectivity index (χ1) is 12.4. The van der Waals surface area contributed by atoms with E-state index in [1.165, 1.54) is 56.7 Å². The second-order valence-corrected chi connectivity index (χ2v) is 5.40. The van der Waals surface area contributed by atoms with Crippen molar-refractivity contribution in [2.45, 2.75) is 6.42 Å². The molecule has 0 saturated carbocycles. The number of hydrogen-bond acceptors (Lipinski definition) is 6. The van der Waals surface area contributed by atoms with E-state index < -0.39 is 5.97 Å². The molecule has 2 aromatic carbocycles. The molecule has 0 saturated heterocycles. The number of phenols is 1. The first-order valence-corrected chi connectivity index (χ1v) is 7.74. The Bertz CT molecular complexity index is 849. The van der Waals surface area contributed by atoms with Crippen LogP contribution in [0.5, 0.6) is 11.5 Å². The van der Waals surface area contributed by atoms with Gasteiger partial charge in [0.1, 0.15) is 0 Å². The van der Waals surface area contributed by atoms with E-state index in [1.807, 2.05) is 0 Å². The van der Waals surface area contributed by atoms with Gasteiger partial charge in [0.25, 0.3) is 0 Å². The Labute approximate surface area is 150 Å². The van der Waals surface area contributed by atoms with Gasteiger partial charge in [0.05, 0.1) is 26.2 Å². The number of aromatic hydroxyl groups is 1. The van der Waals surface area contributed by atoms with Gasteiger partial charge in [-0.3, -0.25) is 9.59 Å². The molecule has 0 radical (unpaired) electrons. The fourth-order valence-corrected chi connectivity index (χ4v) is 2.22. The Morgan fingerprint density at radius 2 is 1.65 bits per heavy atom. The molecule has 134 valence electrons. The Hall–Kier alpha value is -3.41. The van der Waals surface area contributed by atoms with Crippen LogP contribution in [0.15, 0.2) is 48.5 Å². The lowest BCUT2D eigenvalue weighted by Gasteiger charge is -2.03. The number of carbonyl (C=O) groups is 3. The number of ether oxygens (including phenoxy) is 2. The van der Waals surface area contributed by atoms with E-state index in [-0.39, 0.29) is 23.7 Å². The number of Topliss-reactive ketones (excluding diaryl/α,β-unsaturated/α-hetero) is 1. The summed E-state index contributed by atoms with van der Waals surface area (Å²) >= 11 is 0. The molecule has 2 aromatic rings. The van der Waals surface area contributed by atoms with E-state index in [4.69, 9.17) is 4.74 Å². The van der Waals surface area contributed by atoms with Crippen LogP contribution < -0.4 is 4.74 Å². The first kappa shape index (κ1) is 18.9. The van der Waals surface area contributed by atoms with Crippen LogP contribution in [0.1, 0.15) is 32.7 Å². The number of esters is 1. The molecule has 0 heterocycles. The van der Waals surface area contributed by atoms with Crippen molar-refractivity contribution in [1.29, 1.82) is 0 Å². The molecule has 6 heteroatoms. The summed E-state index contributed by atoms with van der Waals surface area (Å²) in [5, 5.41) is 9.54. The largest absolute Gasteiger partial charge is 0.504 e. The van der Waals surface area contributed by atoms with Gasteiger partial charge in [0.15, 0.2) is 23.1 Å². The van der Waals surface area contributed by atoms with Gasteiger partial charge in [0.2, 0.25) is 0 Å². The summed E-state index contributed by atoms with van der Waals surface area (Å²) < 4.78 is 9.58. The molecule has 2 rings (SSSR count). The van der Waals surface area contributed by atoms with E-state index >= 15 is 0 Å². The van der Waals surface area contributed by atoms with E-state index in [1.54, 1.807) is 12.1 Å². The van der Waals surface area contributed by atoms with Gasteiger partial charge in [-0.25, -0.2) is 4.79 Å². The molecule has 0 amide bonds. The average molecular weight is 354 g/mol. The molecule has 0 fully saturated rings. The number of carbonyl (C=O) groups excluding carboxylic acids is 3. The van der Waals surface area contributed by atoms with E-state index in [0.717, 1.165) is 0 Å². The molecule has 0 aromatic heterocycles. The van der Waals surface area contributed by atoms with Crippen LogP contribution >= 0.6 is 0 Å². The summed E-state index contributed by atoms with van der Waals surface area (Å²) in [7, 11) is 2.70. The van der Waals surface area contributed by atoms with Crippen LogP contribution in [-0.2, 0) is 9.53 Å². The quantitative estimate of drug-likeness (QED) is 0.356. The van der Waals surface area contributed by atoms with Crippen molar-refractivity contribution < 1.29 is 29.0 Å². The van der Waals surface area contributed by atoms with Gasteiger partial charge in [-0.2, -0.15) is 0 Å². The van der Waals surface area contributed by atoms with Crippen LogP contribution in [0, 0.1) is 0 Å². The normalized spacial score (nSPS) is 10.5. The van der Waals surface area contributed by atoms with Gasteiger partial charge >= 0.3 is 5.97 Å². The van der Waals surface area contributed by atoms with E-state index in [9.17, 15) is 19.5 Å². The second-order valence-electron chi connectivity index (χ2n) is 5.40. The van der Waals surface area contributed by atoms with E-state index in [2.05, 4.69) is 4.74 Å². The summed E-state index contributed by atoms with van der Waals surface area (Å²) in [5.41, 5.74) is 1.32. The minimum atomic E-state index is -0.493. The van der Waals surface area contributed by atoms with Crippen molar-refractivity contribution in [2.24, 2.45) is 0 Å².